The smallest absolute Gasteiger partial charge is 0.233 e. The van der Waals surface area contributed by atoms with Crippen LogP contribution < -0.4 is 0 Å². The molecule has 15 heavy (non-hydrogen) atoms. The zero-order valence-electron chi connectivity index (χ0n) is 9.13. The maximum absolute atomic E-state index is 11.4. The fourth-order valence-corrected chi connectivity index (χ4v) is 1.58. The number of hydrogen-bond acceptors (Lipinski definition) is 4. The summed E-state index contributed by atoms with van der Waals surface area (Å²) in [6.07, 6.45) is 3.65. The monoisotopic (exact) mass is 217 g/mol. The van der Waals surface area contributed by atoms with Gasteiger partial charge in [0.1, 0.15) is 12.6 Å². The van der Waals surface area contributed by atoms with E-state index in [1.165, 1.54) is 5.01 Å². The molecule has 1 atom stereocenters. The minimum absolute atomic E-state index is 0.0107. The van der Waals surface area contributed by atoms with Gasteiger partial charge in [-0.1, -0.05) is 13.3 Å². The van der Waals surface area contributed by atoms with Gasteiger partial charge in [0.15, 0.2) is 0 Å². The maximum Gasteiger partial charge on any atom is 0.233 e. The van der Waals surface area contributed by atoms with Crippen molar-refractivity contribution >= 4 is 0 Å². The van der Waals surface area contributed by atoms with Gasteiger partial charge in [-0.25, -0.2) is 0 Å². The molecule has 1 fully saturated rings. The summed E-state index contributed by atoms with van der Waals surface area (Å²) < 4.78 is 0. The molecule has 0 aromatic heterocycles. The molecule has 6 nitrogen and oxygen atoms in total. The third-order valence-corrected chi connectivity index (χ3v) is 2.49. The van der Waals surface area contributed by atoms with Crippen LogP contribution in [0.4, 0.5) is 0 Å². The molecule has 1 aliphatic rings. The predicted molar refractivity (Wildman–Crippen MR) is 53.7 cm³/mol. The van der Waals surface area contributed by atoms with Crippen molar-refractivity contribution < 1.29 is 14.9 Å². The Bertz CT molecular complexity index is 211. The highest BCUT2D eigenvalue weighted by atomic mass is 16.7. The molecule has 0 saturated carbocycles. The average Bonchev–Trinajstić information content (AvgIpc) is 2.72. The van der Waals surface area contributed by atoms with Crippen molar-refractivity contribution in [2.45, 2.75) is 38.6 Å². The van der Waals surface area contributed by atoms with Gasteiger partial charge < -0.3 is 15.2 Å². The van der Waals surface area contributed by atoms with Gasteiger partial charge in [-0.3, -0.25) is 0 Å². The zero-order chi connectivity index (χ0) is 11.1. The molecule has 1 N–H and O–H groups in total. The van der Waals surface area contributed by atoms with Crippen LogP contribution in [0.15, 0.2) is 5.28 Å². The molecule has 0 unspecified atom stereocenters. The molecule has 1 saturated heterocycles. The van der Waals surface area contributed by atoms with Crippen molar-refractivity contribution in [3.63, 3.8) is 0 Å². The Kier molecular flexibility index (Phi) is 5.17. The third kappa shape index (κ3) is 3.54. The highest BCUT2D eigenvalue weighted by molar-refractivity contribution is 4.71. The summed E-state index contributed by atoms with van der Waals surface area (Å²) in [6.45, 7) is 3.13. The van der Waals surface area contributed by atoms with E-state index < -0.39 is 0 Å². The highest BCUT2D eigenvalue weighted by Gasteiger charge is 2.30. The highest BCUT2D eigenvalue weighted by Crippen LogP contribution is 2.16. The van der Waals surface area contributed by atoms with Gasteiger partial charge in [-0.2, -0.15) is 0 Å². The Morgan fingerprint density at radius 1 is 1.67 bits per heavy atom. The van der Waals surface area contributed by atoms with Gasteiger partial charge in [-0.05, 0) is 19.3 Å². The van der Waals surface area contributed by atoms with Gasteiger partial charge >= 0.3 is 0 Å². The number of hydrogen-bond donors (Lipinski definition) is 1. The quantitative estimate of drug-likeness (QED) is 0.312. The minimum Gasteiger partial charge on any atom is -0.569 e. The van der Waals surface area contributed by atoms with Crippen molar-refractivity contribution in [1.29, 1.82) is 0 Å². The number of aliphatic hydroxyl groups is 1. The van der Waals surface area contributed by atoms with Gasteiger partial charge in [0.2, 0.25) is 5.28 Å². The summed E-state index contributed by atoms with van der Waals surface area (Å²) in [5.41, 5.74) is 0. The van der Waals surface area contributed by atoms with E-state index in [4.69, 9.17) is 9.94 Å². The number of nitrogens with zero attached hydrogens (tertiary/aromatic N) is 3. The summed E-state index contributed by atoms with van der Waals surface area (Å²) in [4.78, 5) is 5.32. The second kappa shape index (κ2) is 6.44. The lowest BCUT2D eigenvalue weighted by molar-refractivity contribution is -0.714. The lowest BCUT2D eigenvalue weighted by atomic mass is 10.2. The van der Waals surface area contributed by atoms with Crippen LogP contribution in [0.3, 0.4) is 0 Å². The van der Waals surface area contributed by atoms with Crippen molar-refractivity contribution in [2.24, 2.45) is 5.28 Å². The van der Waals surface area contributed by atoms with E-state index in [1.807, 2.05) is 6.92 Å². The summed E-state index contributed by atoms with van der Waals surface area (Å²) in [6, 6.07) is -0.110. The lowest BCUT2D eigenvalue weighted by Crippen LogP contribution is -2.37. The van der Waals surface area contributed by atoms with Crippen LogP contribution in [-0.4, -0.2) is 40.9 Å². The van der Waals surface area contributed by atoms with Crippen LogP contribution in [0.1, 0.15) is 32.6 Å². The molecule has 0 radical (unpaired) electrons. The Morgan fingerprint density at radius 2 is 2.47 bits per heavy atom. The molecule has 0 aromatic carbocycles. The zero-order valence-corrected chi connectivity index (χ0v) is 9.13. The standard InChI is InChI=1S/C9H19N3O3/c1-2-3-7-15-10-12(14)11-6-4-5-9(11)8-13/h9,13H,2-8H2,1H3/b12-10-/t9-/m0/s1. The Labute approximate surface area is 89.6 Å². The topological polar surface area (TPSA) is 71.1 Å². The van der Waals surface area contributed by atoms with Crippen LogP contribution in [-0.2, 0) is 4.84 Å². The van der Waals surface area contributed by atoms with E-state index in [-0.39, 0.29) is 12.6 Å². The Hall–Kier alpha value is -1.04. The van der Waals surface area contributed by atoms with Gasteiger partial charge in [0, 0.05) is 0 Å². The molecule has 1 rings (SSSR count). The number of hydrazine groups is 1. The maximum atomic E-state index is 11.4. The molecule has 0 aromatic rings. The van der Waals surface area contributed by atoms with E-state index in [0.717, 1.165) is 25.7 Å². The van der Waals surface area contributed by atoms with Crippen molar-refractivity contribution in [3.8, 4) is 0 Å². The number of aliphatic hydroxyl groups excluding tert-OH is 1. The van der Waals surface area contributed by atoms with E-state index in [0.29, 0.717) is 18.1 Å². The molecule has 1 heterocycles. The van der Waals surface area contributed by atoms with Crippen LogP contribution >= 0.6 is 0 Å². The number of rotatable bonds is 6. The predicted octanol–water partition coefficient (Wildman–Crippen LogP) is 1.05. The molecule has 0 aliphatic carbocycles. The molecule has 1 aliphatic heterocycles. The number of unbranched alkanes of at least 4 members (excludes halogenated alkanes) is 1. The normalized spacial score (nSPS) is 22.1. The van der Waals surface area contributed by atoms with Crippen molar-refractivity contribution in [2.75, 3.05) is 19.8 Å². The van der Waals surface area contributed by atoms with Crippen LogP contribution in [0.5, 0.6) is 0 Å². The summed E-state index contributed by atoms with van der Waals surface area (Å²) in [5, 5.41) is 25.3. The molecule has 0 bridgehead atoms. The van der Waals surface area contributed by atoms with Crippen molar-refractivity contribution in [3.05, 3.63) is 5.21 Å². The lowest BCUT2D eigenvalue weighted by Gasteiger charge is -2.17. The van der Waals surface area contributed by atoms with E-state index in [1.54, 1.807) is 0 Å². The summed E-state index contributed by atoms with van der Waals surface area (Å²) >= 11 is 0. The van der Waals surface area contributed by atoms with Gasteiger partial charge in [0.05, 0.1) is 18.1 Å². The second-order valence-corrected chi connectivity index (χ2v) is 3.66. The third-order valence-electron chi connectivity index (χ3n) is 2.49. The minimum atomic E-state index is -0.110. The van der Waals surface area contributed by atoms with Crippen LogP contribution in [0.2, 0.25) is 0 Å². The first-order valence-electron chi connectivity index (χ1n) is 5.47. The average molecular weight is 217 g/mol. The molecule has 88 valence electrons. The Balaban J connectivity index is 2.34. The van der Waals surface area contributed by atoms with E-state index in [2.05, 4.69) is 5.28 Å². The molecular formula is C9H19N3O3. The first-order valence-corrected chi connectivity index (χ1v) is 5.47. The molecular weight excluding hydrogens is 198 g/mol. The van der Waals surface area contributed by atoms with Crippen LogP contribution in [0.25, 0.3) is 0 Å². The largest absolute Gasteiger partial charge is 0.569 e. The molecule has 6 heteroatoms. The summed E-state index contributed by atoms with van der Waals surface area (Å²) in [7, 11) is 0. The fraction of sp³-hybridized carbons (Fsp3) is 1.00. The first-order chi connectivity index (χ1) is 7.29. The van der Waals surface area contributed by atoms with Gasteiger partial charge in [0.25, 0.3) is 0 Å². The van der Waals surface area contributed by atoms with Crippen molar-refractivity contribution in [1.82, 2.24) is 5.01 Å². The molecule has 0 spiro atoms. The second-order valence-electron chi connectivity index (χ2n) is 3.66. The van der Waals surface area contributed by atoms with E-state index in [9.17, 15) is 5.21 Å². The molecule has 0 amide bonds. The van der Waals surface area contributed by atoms with Gasteiger partial charge in [-0.15, -0.1) is 5.01 Å². The van der Waals surface area contributed by atoms with Crippen LogP contribution in [0, 0.1) is 5.21 Å². The fourth-order valence-electron chi connectivity index (χ4n) is 1.58. The first kappa shape index (κ1) is 12.0. The SMILES string of the molecule is CCCCO/N=[N+](\[O-])N1CCC[C@H]1CO. The Morgan fingerprint density at radius 3 is 3.13 bits per heavy atom. The summed E-state index contributed by atoms with van der Waals surface area (Å²) in [5.74, 6) is 0. The van der Waals surface area contributed by atoms with E-state index >= 15 is 0 Å².